The summed E-state index contributed by atoms with van der Waals surface area (Å²) in [6.07, 6.45) is 0. The second-order valence-electron chi connectivity index (χ2n) is 7.19. The summed E-state index contributed by atoms with van der Waals surface area (Å²) in [6, 6.07) is 18.3. The first-order chi connectivity index (χ1) is 15.1. The van der Waals surface area contributed by atoms with E-state index in [1.165, 1.54) is 48.5 Å². The second-order valence-corrected chi connectivity index (χ2v) is 10.5. The Labute approximate surface area is 200 Å². The van der Waals surface area contributed by atoms with E-state index in [9.17, 15) is 17.6 Å². The summed E-state index contributed by atoms with van der Waals surface area (Å²) in [6.45, 7) is 1.33. The Kier molecular flexibility index (Phi) is 8.05. The Bertz CT molecular complexity index is 1170. The van der Waals surface area contributed by atoms with Gasteiger partial charge in [-0.15, -0.1) is 0 Å². The molecule has 0 fully saturated rings. The molecule has 9 heteroatoms. The maximum Gasteiger partial charge on any atom is 0.243 e. The van der Waals surface area contributed by atoms with Crippen molar-refractivity contribution >= 4 is 43.5 Å². The van der Waals surface area contributed by atoms with Gasteiger partial charge in [0, 0.05) is 16.0 Å². The van der Waals surface area contributed by atoms with E-state index >= 15 is 0 Å². The molecule has 32 heavy (non-hydrogen) atoms. The van der Waals surface area contributed by atoms with Crippen LogP contribution in [-0.4, -0.2) is 25.2 Å². The Morgan fingerprint density at radius 1 is 1.03 bits per heavy atom. The van der Waals surface area contributed by atoms with Crippen LogP contribution in [-0.2, 0) is 21.4 Å². The van der Waals surface area contributed by atoms with Gasteiger partial charge in [0.05, 0.1) is 17.5 Å². The molecule has 0 heterocycles. The van der Waals surface area contributed by atoms with E-state index < -0.39 is 28.3 Å². The summed E-state index contributed by atoms with van der Waals surface area (Å²) in [5, 5.41) is 3.23. The third-order valence-electron chi connectivity index (χ3n) is 4.79. The predicted molar refractivity (Wildman–Crippen MR) is 126 cm³/mol. The van der Waals surface area contributed by atoms with Crippen molar-refractivity contribution in [3.8, 4) is 0 Å². The average Bonchev–Trinajstić information content (AvgIpc) is 2.75. The molecule has 3 aromatic rings. The fraction of sp³-hybridized carbons (Fsp3) is 0.174. The highest BCUT2D eigenvalue weighted by atomic mass is 79.9. The standard InChI is InChI=1S/C23H21BrClFN2O3S/c1-16(18-4-6-19(24)7-5-18)27-23(29)15-28(14-17-2-10-21(26)11-3-17)32(30,31)22-12-8-20(25)9-13-22/h2-13,16H,14-15H2,1H3,(H,27,29). The lowest BCUT2D eigenvalue weighted by Gasteiger charge is -2.23. The van der Waals surface area contributed by atoms with Crippen molar-refractivity contribution in [2.24, 2.45) is 0 Å². The maximum absolute atomic E-state index is 13.3. The highest BCUT2D eigenvalue weighted by molar-refractivity contribution is 9.10. The molecule has 0 aromatic heterocycles. The molecule has 0 spiro atoms. The van der Waals surface area contributed by atoms with Gasteiger partial charge in [0.15, 0.2) is 0 Å². The lowest BCUT2D eigenvalue weighted by atomic mass is 10.1. The third-order valence-corrected chi connectivity index (χ3v) is 7.38. The maximum atomic E-state index is 13.3. The van der Waals surface area contributed by atoms with Gasteiger partial charge in [0.25, 0.3) is 0 Å². The second kappa shape index (κ2) is 10.6. The van der Waals surface area contributed by atoms with Crippen LogP contribution in [0.3, 0.4) is 0 Å². The molecule has 0 aliphatic carbocycles. The summed E-state index contributed by atoms with van der Waals surface area (Å²) in [4.78, 5) is 12.8. The van der Waals surface area contributed by atoms with E-state index in [1.807, 2.05) is 31.2 Å². The number of carbonyl (C=O) groups excluding carboxylic acids is 1. The highest BCUT2D eigenvalue weighted by Crippen LogP contribution is 2.21. The number of hydrogen-bond donors (Lipinski definition) is 1. The van der Waals surface area contributed by atoms with Crippen molar-refractivity contribution in [3.05, 3.63) is 99.2 Å². The lowest BCUT2D eigenvalue weighted by molar-refractivity contribution is -0.122. The number of halogens is 3. The Balaban J connectivity index is 1.82. The van der Waals surface area contributed by atoms with Gasteiger partial charge >= 0.3 is 0 Å². The summed E-state index contributed by atoms with van der Waals surface area (Å²) in [5.41, 5.74) is 1.44. The third kappa shape index (κ3) is 6.38. The van der Waals surface area contributed by atoms with Crippen molar-refractivity contribution in [2.45, 2.75) is 24.4 Å². The molecule has 1 atom stereocenters. The van der Waals surface area contributed by atoms with Gasteiger partial charge in [-0.05, 0) is 66.6 Å². The van der Waals surface area contributed by atoms with E-state index in [0.717, 1.165) is 14.3 Å². The number of rotatable bonds is 8. The predicted octanol–water partition coefficient (Wildman–Crippen LogP) is 5.31. The van der Waals surface area contributed by atoms with Crippen LogP contribution in [0.5, 0.6) is 0 Å². The zero-order chi connectivity index (χ0) is 23.3. The van der Waals surface area contributed by atoms with Crippen molar-refractivity contribution in [3.63, 3.8) is 0 Å². The van der Waals surface area contributed by atoms with E-state index in [4.69, 9.17) is 11.6 Å². The number of hydrogen-bond acceptors (Lipinski definition) is 3. The fourth-order valence-electron chi connectivity index (χ4n) is 3.06. The molecule has 0 bridgehead atoms. The van der Waals surface area contributed by atoms with Crippen LogP contribution < -0.4 is 5.32 Å². The zero-order valence-electron chi connectivity index (χ0n) is 17.1. The van der Waals surface area contributed by atoms with Crippen LogP contribution in [0.4, 0.5) is 4.39 Å². The first-order valence-corrected chi connectivity index (χ1v) is 12.3. The van der Waals surface area contributed by atoms with Crippen LogP contribution in [0.15, 0.2) is 82.2 Å². The number of benzene rings is 3. The van der Waals surface area contributed by atoms with E-state index in [2.05, 4.69) is 21.2 Å². The SMILES string of the molecule is CC(NC(=O)CN(Cc1ccc(F)cc1)S(=O)(=O)c1ccc(Cl)cc1)c1ccc(Br)cc1. The van der Waals surface area contributed by atoms with Crippen molar-refractivity contribution in [1.82, 2.24) is 9.62 Å². The quantitative estimate of drug-likeness (QED) is 0.422. The number of carbonyl (C=O) groups is 1. The molecule has 1 N–H and O–H groups in total. The summed E-state index contributed by atoms with van der Waals surface area (Å²) in [7, 11) is -4.01. The highest BCUT2D eigenvalue weighted by Gasteiger charge is 2.27. The number of amides is 1. The van der Waals surface area contributed by atoms with Crippen LogP contribution in [0.2, 0.25) is 5.02 Å². The Hall–Kier alpha value is -2.26. The zero-order valence-corrected chi connectivity index (χ0v) is 20.3. The van der Waals surface area contributed by atoms with Gasteiger partial charge in [-0.1, -0.05) is 51.8 Å². The van der Waals surface area contributed by atoms with E-state index in [1.54, 1.807) is 0 Å². The molecule has 1 amide bonds. The van der Waals surface area contributed by atoms with Crippen LogP contribution in [0.1, 0.15) is 24.1 Å². The summed E-state index contributed by atoms with van der Waals surface area (Å²) >= 11 is 9.25. The first-order valence-electron chi connectivity index (χ1n) is 9.70. The molecule has 0 saturated carbocycles. The van der Waals surface area contributed by atoms with Crippen LogP contribution in [0.25, 0.3) is 0 Å². The Morgan fingerprint density at radius 3 is 2.22 bits per heavy atom. The summed E-state index contributed by atoms with van der Waals surface area (Å²) in [5.74, 6) is -0.887. The Morgan fingerprint density at radius 2 is 1.62 bits per heavy atom. The molecule has 3 aromatic carbocycles. The molecule has 0 aliphatic heterocycles. The minimum atomic E-state index is -4.01. The molecule has 5 nitrogen and oxygen atoms in total. The fourth-order valence-corrected chi connectivity index (χ4v) is 4.83. The molecule has 0 radical (unpaired) electrons. The smallest absolute Gasteiger partial charge is 0.243 e. The average molecular weight is 540 g/mol. The molecule has 3 rings (SSSR count). The number of nitrogens with zero attached hydrogens (tertiary/aromatic N) is 1. The largest absolute Gasteiger partial charge is 0.348 e. The number of sulfonamides is 1. The van der Waals surface area contributed by atoms with Gasteiger partial charge in [0.2, 0.25) is 15.9 Å². The lowest BCUT2D eigenvalue weighted by Crippen LogP contribution is -2.41. The molecular weight excluding hydrogens is 519 g/mol. The van der Waals surface area contributed by atoms with Crippen molar-refractivity contribution in [2.75, 3.05) is 6.54 Å². The molecular formula is C23H21BrClFN2O3S. The van der Waals surface area contributed by atoms with E-state index in [-0.39, 0.29) is 17.5 Å². The van der Waals surface area contributed by atoms with Gasteiger partial charge in [0.1, 0.15) is 5.82 Å². The van der Waals surface area contributed by atoms with Crippen molar-refractivity contribution < 1.29 is 17.6 Å². The topological polar surface area (TPSA) is 66.5 Å². The molecule has 168 valence electrons. The van der Waals surface area contributed by atoms with Crippen molar-refractivity contribution in [1.29, 1.82) is 0 Å². The summed E-state index contributed by atoms with van der Waals surface area (Å²) < 4.78 is 41.8. The van der Waals surface area contributed by atoms with Gasteiger partial charge < -0.3 is 5.32 Å². The van der Waals surface area contributed by atoms with E-state index in [0.29, 0.717) is 10.6 Å². The van der Waals surface area contributed by atoms with Gasteiger partial charge in [-0.3, -0.25) is 4.79 Å². The minimum absolute atomic E-state index is 0.0118. The molecule has 1 unspecified atom stereocenters. The molecule has 0 aliphatic rings. The van der Waals surface area contributed by atoms with Gasteiger partial charge in [-0.25, -0.2) is 12.8 Å². The van der Waals surface area contributed by atoms with Crippen LogP contribution >= 0.6 is 27.5 Å². The number of nitrogens with one attached hydrogen (secondary N) is 1. The van der Waals surface area contributed by atoms with Crippen LogP contribution in [0, 0.1) is 5.82 Å². The normalized spacial score (nSPS) is 12.5. The molecule has 0 saturated heterocycles. The minimum Gasteiger partial charge on any atom is -0.348 e. The van der Waals surface area contributed by atoms with Gasteiger partial charge in [-0.2, -0.15) is 4.31 Å². The monoisotopic (exact) mass is 538 g/mol. The first kappa shape index (κ1) is 24.4.